The first-order valence-corrected chi connectivity index (χ1v) is 9.37. The van der Waals surface area contributed by atoms with Crippen LogP contribution in [0.2, 0.25) is 0 Å². The van der Waals surface area contributed by atoms with Crippen LogP contribution in [0.25, 0.3) is 10.2 Å². The van der Waals surface area contributed by atoms with Gasteiger partial charge in [-0.2, -0.15) is 0 Å². The van der Waals surface area contributed by atoms with Crippen LogP contribution in [0.3, 0.4) is 0 Å². The molecule has 0 spiro atoms. The van der Waals surface area contributed by atoms with E-state index >= 15 is 0 Å². The highest BCUT2D eigenvalue weighted by Gasteiger charge is 2.28. The highest BCUT2D eigenvalue weighted by molar-refractivity contribution is 7.99. The standard InChI is InChI=1S/C15H20N4OS2/c1-9-4-3-5-10(2)19(9)12(20)8-22-15-17-13(16)11-6-7-21-14(11)18-15/h6-7,9-10H,3-5,8H2,1-2H3,(H2,16,17,18)/t9-,10+. The maximum absolute atomic E-state index is 12.5. The number of carbonyl (C=O) groups excluding carboxylic acids is 1. The summed E-state index contributed by atoms with van der Waals surface area (Å²) in [5.41, 5.74) is 5.94. The number of nitrogens with zero attached hydrogens (tertiary/aromatic N) is 3. The van der Waals surface area contributed by atoms with Crippen LogP contribution in [0.4, 0.5) is 5.82 Å². The Balaban J connectivity index is 1.69. The number of carbonyl (C=O) groups is 1. The van der Waals surface area contributed by atoms with Crippen LogP contribution in [-0.2, 0) is 4.79 Å². The summed E-state index contributed by atoms with van der Waals surface area (Å²) < 4.78 is 0. The Bertz CT molecular complexity index is 677. The summed E-state index contributed by atoms with van der Waals surface area (Å²) in [4.78, 5) is 24.2. The van der Waals surface area contributed by atoms with Gasteiger partial charge in [0.25, 0.3) is 0 Å². The van der Waals surface area contributed by atoms with Gasteiger partial charge in [0.1, 0.15) is 10.6 Å². The van der Waals surface area contributed by atoms with Crippen molar-refractivity contribution in [3.05, 3.63) is 11.4 Å². The van der Waals surface area contributed by atoms with Gasteiger partial charge in [-0.3, -0.25) is 4.79 Å². The number of hydrogen-bond acceptors (Lipinski definition) is 6. The molecule has 1 aliphatic rings. The molecule has 1 saturated heterocycles. The molecule has 7 heteroatoms. The third-order valence-electron chi connectivity index (χ3n) is 4.14. The van der Waals surface area contributed by atoms with E-state index in [1.54, 1.807) is 0 Å². The third-order valence-corrected chi connectivity index (χ3v) is 5.78. The molecule has 0 aliphatic carbocycles. The van der Waals surface area contributed by atoms with Crippen molar-refractivity contribution < 1.29 is 4.79 Å². The molecule has 1 fully saturated rings. The van der Waals surface area contributed by atoms with Crippen LogP contribution < -0.4 is 5.73 Å². The van der Waals surface area contributed by atoms with Gasteiger partial charge in [0.2, 0.25) is 5.91 Å². The van der Waals surface area contributed by atoms with Crippen LogP contribution in [0.1, 0.15) is 33.1 Å². The first-order chi connectivity index (χ1) is 10.6. The molecule has 118 valence electrons. The van der Waals surface area contributed by atoms with E-state index in [9.17, 15) is 4.79 Å². The molecule has 2 aromatic rings. The third kappa shape index (κ3) is 3.05. The Morgan fingerprint density at radius 1 is 1.41 bits per heavy atom. The number of aromatic nitrogens is 2. The molecule has 0 unspecified atom stereocenters. The van der Waals surface area contributed by atoms with E-state index in [1.807, 2.05) is 16.3 Å². The maximum Gasteiger partial charge on any atom is 0.233 e. The Morgan fingerprint density at radius 3 is 2.86 bits per heavy atom. The zero-order chi connectivity index (χ0) is 15.7. The number of thioether (sulfide) groups is 1. The predicted molar refractivity (Wildman–Crippen MR) is 92.2 cm³/mol. The van der Waals surface area contributed by atoms with Gasteiger partial charge >= 0.3 is 0 Å². The van der Waals surface area contributed by atoms with Crippen molar-refractivity contribution in [1.29, 1.82) is 0 Å². The second-order valence-electron chi connectivity index (χ2n) is 5.75. The Kier molecular flexibility index (Phi) is 4.54. The van der Waals surface area contributed by atoms with E-state index in [2.05, 4.69) is 23.8 Å². The monoisotopic (exact) mass is 336 g/mol. The Morgan fingerprint density at radius 2 is 2.14 bits per heavy atom. The average Bonchev–Trinajstić information content (AvgIpc) is 2.94. The second kappa shape index (κ2) is 6.42. The SMILES string of the molecule is C[C@@H]1CCC[C@H](C)N1C(=O)CSc1nc(N)c2ccsc2n1. The molecule has 3 heterocycles. The molecule has 5 nitrogen and oxygen atoms in total. The van der Waals surface area contributed by atoms with Gasteiger partial charge in [-0.1, -0.05) is 11.8 Å². The topological polar surface area (TPSA) is 72.1 Å². The van der Waals surface area contributed by atoms with Crippen LogP contribution in [-0.4, -0.2) is 38.6 Å². The summed E-state index contributed by atoms with van der Waals surface area (Å²) in [6.07, 6.45) is 3.38. The molecule has 0 aromatic carbocycles. The fourth-order valence-electron chi connectivity index (χ4n) is 3.04. The van der Waals surface area contributed by atoms with Crippen molar-refractivity contribution in [1.82, 2.24) is 14.9 Å². The minimum atomic E-state index is 0.165. The van der Waals surface area contributed by atoms with Gasteiger partial charge < -0.3 is 10.6 Å². The van der Waals surface area contributed by atoms with E-state index in [4.69, 9.17) is 5.73 Å². The van der Waals surface area contributed by atoms with Gasteiger partial charge in [-0.25, -0.2) is 9.97 Å². The number of nitrogen functional groups attached to an aromatic ring is 1. The van der Waals surface area contributed by atoms with Crippen LogP contribution in [0, 0.1) is 0 Å². The van der Waals surface area contributed by atoms with Gasteiger partial charge in [0, 0.05) is 12.1 Å². The number of fused-ring (bicyclic) bond motifs is 1. The summed E-state index contributed by atoms with van der Waals surface area (Å²) >= 11 is 2.91. The van der Waals surface area contributed by atoms with Crippen LogP contribution in [0.5, 0.6) is 0 Å². The molecular formula is C15H20N4OS2. The van der Waals surface area contributed by atoms with Crippen LogP contribution >= 0.6 is 23.1 Å². The lowest BCUT2D eigenvalue weighted by Gasteiger charge is -2.39. The zero-order valence-corrected chi connectivity index (χ0v) is 14.4. The number of amides is 1. The summed E-state index contributed by atoms with van der Waals surface area (Å²) in [6.45, 7) is 4.26. The molecule has 3 rings (SSSR count). The van der Waals surface area contributed by atoms with Crippen molar-refractivity contribution in [2.24, 2.45) is 0 Å². The summed E-state index contributed by atoms with van der Waals surface area (Å²) in [6, 6.07) is 2.57. The fraction of sp³-hybridized carbons (Fsp3) is 0.533. The van der Waals surface area contributed by atoms with E-state index < -0.39 is 0 Å². The second-order valence-corrected chi connectivity index (χ2v) is 7.59. The highest BCUT2D eigenvalue weighted by atomic mass is 32.2. The molecule has 2 aromatic heterocycles. The van der Waals surface area contributed by atoms with Gasteiger partial charge in [-0.15, -0.1) is 11.3 Å². The summed E-state index contributed by atoms with van der Waals surface area (Å²) in [5.74, 6) is 1.02. The molecule has 1 amide bonds. The average molecular weight is 336 g/mol. The normalized spacial score (nSPS) is 22.2. The van der Waals surface area contributed by atoms with Crippen molar-refractivity contribution in [2.75, 3.05) is 11.5 Å². The zero-order valence-electron chi connectivity index (χ0n) is 12.8. The Labute approximate surface area is 138 Å². The smallest absolute Gasteiger partial charge is 0.233 e. The molecular weight excluding hydrogens is 316 g/mol. The fourth-order valence-corrected chi connectivity index (χ4v) is 4.59. The largest absolute Gasteiger partial charge is 0.383 e. The molecule has 2 N–H and O–H groups in total. The maximum atomic E-state index is 12.5. The lowest BCUT2D eigenvalue weighted by Crippen LogP contribution is -2.48. The number of hydrogen-bond donors (Lipinski definition) is 1. The lowest BCUT2D eigenvalue weighted by atomic mass is 9.98. The van der Waals surface area contributed by atoms with E-state index in [1.165, 1.54) is 29.5 Å². The quantitative estimate of drug-likeness (QED) is 0.688. The summed E-state index contributed by atoms with van der Waals surface area (Å²) in [5, 5.41) is 3.42. The predicted octanol–water partition coefficient (Wildman–Crippen LogP) is 3.16. The number of piperidine rings is 1. The lowest BCUT2D eigenvalue weighted by molar-refractivity contribution is -0.134. The first kappa shape index (κ1) is 15.6. The van der Waals surface area contributed by atoms with Gasteiger partial charge in [0.15, 0.2) is 5.16 Å². The van der Waals surface area contributed by atoms with Gasteiger partial charge in [0.05, 0.1) is 11.1 Å². The molecule has 0 saturated carbocycles. The number of nitrogens with two attached hydrogens (primary N) is 1. The number of thiophene rings is 1. The van der Waals surface area contributed by atoms with E-state index in [0.29, 0.717) is 28.8 Å². The van der Waals surface area contributed by atoms with Crippen molar-refractivity contribution in [2.45, 2.75) is 50.4 Å². The molecule has 0 bridgehead atoms. The number of likely N-dealkylation sites (tertiary alicyclic amines) is 1. The van der Waals surface area contributed by atoms with Crippen LogP contribution in [0.15, 0.2) is 16.6 Å². The van der Waals surface area contributed by atoms with E-state index in [-0.39, 0.29) is 5.91 Å². The van der Waals surface area contributed by atoms with Crippen molar-refractivity contribution >= 4 is 45.0 Å². The molecule has 0 radical (unpaired) electrons. The van der Waals surface area contributed by atoms with Crippen molar-refractivity contribution in [3.8, 4) is 0 Å². The molecule has 22 heavy (non-hydrogen) atoms. The van der Waals surface area contributed by atoms with E-state index in [0.717, 1.165) is 23.1 Å². The number of anilines is 1. The van der Waals surface area contributed by atoms with Crippen molar-refractivity contribution in [3.63, 3.8) is 0 Å². The Hall–Kier alpha value is -1.34. The minimum Gasteiger partial charge on any atom is -0.383 e. The summed E-state index contributed by atoms with van der Waals surface area (Å²) in [7, 11) is 0. The molecule has 2 atom stereocenters. The minimum absolute atomic E-state index is 0.165. The highest BCUT2D eigenvalue weighted by Crippen LogP contribution is 2.28. The number of rotatable bonds is 3. The molecule has 1 aliphatic heterocycles. The first-order valence-electron chi connectivity index (χ1n) is 7.51. The van der Waals surface area contributed by atoms with Gasteiger partial charge in [-0.05, 0) is 44.6 Å².